The van der Waals surface area contributed by atoms with Crippen LogP contribution in [-0.2, 0) is 4.79 Å². The third kappa shape index (κ3) is 24.2. The minimum Gasteiger partial charge on any atom is -0.476 e. The molecule has 270 valence electrons. The van der Waals surface area contributed by atoms with Gasteiger partial charge in [-0.1, -0.05) is 168 Å². The standard InChI is InChI=1S/C39H80N2O4/c1-6-8-10-12-14-16-18-20-22-24-26-28-30-36(32-34-42)40(38(39(44)45)41(3,4)5)37(33-35-43)31-29-27-25-23-21-19-17-15-13-11-9-7-2/h36-38,42-43H,6-35H2,1-5H3/p+1. The maximum absolute atomic E-state index is 12.8. The molecule has 0 spiro atoms. The lowest BCUT2D eigenvalue weighted by Gasteiger charge is -2.46. The second kappa shape index (κ2) is 30.6. The van der Waals surface area contributed by atoms with Gasteiger partial charge in [-0.25, -0.2) is 9.69 Å². The Morgan fingerprint density at radius 3 is 0.978 bits per heavy atom. The van der Waals surface area contributed by atoms with Gasteiger partial charge in [0, 0.05) is 25.3 Å². The molecule has 0 rings (SSSR count). The number of aliphatic hydroxyl groups is 2. The van der Waals surface area contributed by atoms with E-state index in [0.717, 1.165) is 38.5 Å². The van der Waals surface area contributed by atoms with Crippen molar-refractivity contribution in [1.82, 2.24) is 4.90 Å². The quantitative estimate of drug-likeness (QED) is 0.0364. The van der Waals surface area contributed by atoms with Gasteiger partial charge in [0.1, 0.15) is 0 Å². The average molecular weight is 642 g/mol. The van der Waals surface area contributed by atoms with Gasteiger partial charge in [0.2, 0.25) is 6.17 Å². The molecule has 0 aromatic heterocycles. The molecule has 0 aromatic carbocycles. The van der Waals surface area contributed by atoms with Crippen molar-refractivity contribution in [2.45, 2.75) is 212 Å². The van der Waals surface area contributed by atoms with E-state index in [-0.39, 0.29) is 25.3 Å². The number of quaternary nitrogens is 1. The second-order valence-corrected chi connectivity index (χ2v) is 15.0. The number of carboxylic acids is 1. The Balaban J connectivity index is 4.96. The molecule has 3 unspecified atom stereocenters. The third-order valence-electron chi connectivity index (χ3n) is 9.79. The van der Waals surface area contributed by atoms with Crippen LogP contribution in [0.3, 0.4) is 0 Å². The Morgan fingerprint density at radius 1 is 0.489 bits per heavy atom. The van der Waals surface area contributed by atoms with E-state index < -0.39 is 12.1 Å². The molecule has 6 nitrogen and oxygen atoms in total. The molecule has 0 aliphatic carbocycles. The van der Waals surface area contributed by atoms with Crippen LogP contribution in [0.25, 0.3) is 0 Å². The van der Waals surface area contributed by atoms with Gasteiger partial charge in [0.05, 0.1) is 21.1 Å². The maximum atomic E-state index is 12.8. The number of aliphatic carboxylic acids is 1. The smallest absolute Gasteiger partial charge is 0.379 e. The lowest BCUT2D eigenvalue weighted by molar-refractivity contribution is -0.900. The van der Waals surface area contributed by atoms with Crippen LogP contribution >= 0.6 is 0 Å². The van der Waals surface area contributed by atoms with Gasteiger partial charge in [-0.15, -0.1) is 0 Å². The van der Waals surface area contributed by atoms with Crippen molar-refractivity contribution >= 4 is 5.97 Å². The monoisotopic (exact) mass is 642 g/mol. The first-order chi connectivity index (χ1) is 21.7. The summed E-state index contributed by atoms with van der Waals surface area (Å²) in [7, 11) is 5.89. The van der Waals surface area contributed by atoms with E-state index in [1.807, 2.05) is 21.1 Å². The molecule has 45 heavy (non-hydrogen) atoms. The third-order valence-corrected chi connectivity index (χ3v) is 9.79. The van der Waals surface area contributed by atoms with Crippen LogP contribution in [0.2, 0.25) is 0 Å². The fourth-order valence-electron chi connectivity index (χ4n) is 7.18. The summed E-state index contributed by atoms with van der Waals surface area (Å²) in [5.74, 6) is -0.808. The Hall–Kier alpha value is -0.690. The minimum absolute atomic E-state index is 0.00504. The van der Waals surface area contributed by atoms with Crippen LogP contribution in [0, 0.1) is 0 Å². The molecule has 0 bridgehead atoms. The first-order valence-electron chi connectivity index (χ1n) is 19.8. The van der Waals surface area contributed by atoms with E-state index in [1.165, 1.54) is 128 Å². The Labute approximate surface area is 281 Å². The Morgan fingerprint density at radius 2 is 0.756 bits per heavy atom. The minimum atomic E-state index is -0.808. The summed E-state index contributed by atoms with van der Waals surface area (Å²) >= 11 is 0. The summed E-state index contributed by atoms with van der Waals surface area (Å²) in [6.45, 7) is 4.67. The second-order valence-electron chi connectivity index (χ2n) is 15.0. The van der Waals surface area contributed by atoms with Crippen LogP contribution < -0.4 is 0 Å². The number of rotatable bonds is 35. The number of unbranched alkanes of at least 4 members (excludes halogenated alkanes) is 22. The van der Waals surface area contributed by atoms with E-state index in [2.05, 4.69) is 18.7 Å². The molecule has 0 aliphatic heterocycles. The van der Waals surface area contributed by atoms with E-state index >= 15 is 0 Å². The molecule has 0 saturated carbocycles. The van der Waals surface area contributed by atoms with Gasteiger partial charge in [0.25, 0.3) is 0 Å². The van der Waals surface area contributed by atoms with Gasteiger partial charge in [-0.3, -0.25) is 0 Å². The first-order valence-corrected chi connectivity index (χ1v) is 19.8. The van der Waals surface area contributed by atoms with E-state index in [9.17, 15) is 20.1 Å². The van der Waals surface area contributed by atoms with Crippen LogP contribution in [0.15, 0.2) is 0 Å². The molecule has 0 radical (unpaired) electrons. The van der Waals surface area contributed by atoms with Crippen molar-refractivity contribution in [3.05, 3.63) is 0 Å². The highest BCUT2D eigenvalue weighted by Gasteiger charge is 2.43. The highest BCUT2D eigenvalue weighted by molar-refractivity contribution is 5.71. The fourth-order valence-corrected chi connectivity index (χ4v) is 7.18. The van der Waals surface area contributed by atoms with Crippen LogP contribution in [0.5, 0.6) is 0 Å². The lowest BCUT2D eigenvalue weighted by Crippen LogP contribution is -2.64. The summed E-state index contributed by atoms with van der Waals surface area (Å²) < 4.78 is 0.302. The molecule has 3 atom stereocenters. The highest BCUT2D eigenvalue weighted by atomic mass is 16.4. The molecule has 0 heterocycles. The molecule has 0 amide bonds. The SMILES string of the molecule is CCCCCCCCCCCCCCC(CCO)N(C(CCO)CCCCCCCCCCCCCC)C(C(=O)O)[N+](C)(C)C. The fraction of sp³-hybridized carbons (Fsp3) is 0.974. The number of carbonyl (C=O) groups is 1. The predicted octanol–water partition coefficient (Wildman–Crippen LogP) is 10.1. The molecule has 0 saturated heterocycles. The molecular formula is C39H81N2O4+. The van der Waals surface area contributed by atoms with Crippen molar-refractivity contribution in [3.63, 3.8) is 0 Å². The predicted molar refractivity (Wildman–Crippen MR) is 194 cm³/mol. The number of hydrogen-bond donors (Lipinski definition) is 3. The van der Waals surface area contributed by atoms with Crippen molar-refractivity contribution in [3.8, 4) is 0 Å². The zero-order valence-electron chi connectivity index (χ0n) is 31.1. The zero-order chi connectivity index (χ0) is 33.6. The molecular weight excluding hydrogens is 560 g/mol. The van der Waals surface area contributed by atoms with Gasteiger partial charge >= 0.3 is 5.97 Å². The van der Waals surface area contributed by atoms with Gasteiger partial charge in [-0.2, -0.15) is 0 Å². The summed E-state index contributed by atoms with van der Waals surface area (Å²) in [6.07, 6.45) is 33.5. The van der Waals surface area contributed by atoms with Crippen molar-refractivity contribution in [2.24, 2.45) is 0 Å². The first kappa shape index (κ1) is 44.3. The van der Waals surface area contributed by atoms with Crippen LogP contribution in [0.1, 0.15) is 194 Å². The number of carboxylic acid groups (broad SMARTS) is 1. The lowest BCUT2D eigenvalue weighted by atomic mass is 9.95. The van der Waals surface area contributed by atoms with Gasteiger partial charge in [0.15, 0.2) is 0 Å². The average Bonchev–Trinajstić information content (AvgIpc) is 2.99. The largest absolute Gasteiger partial charge is 0.476 e. The van der Waals surface area contributed by atoms with Gasteiger partial charge in [-0.05, 0) is 25.7 Å². The summed E-state index contributed by atoms with van der Waals surface area (Å²) in [5, 5.41) is 30.6. The van der Waals surface area contributed by atoms with Crippen molar-refractivity contribution < 1.29 is 24.6 Å². The summed E-state index contributed by atoms with van der Waals surface area (Å²) in [6, 6.07) is 0.0101. The molecule has 0 aromatic rings. The topological polar surface area (TPSA) is 81.0 Å². The summed E-state index contributed by atoms with van der Waals surface area (Å²) in [5.41, 5.74) is 0. The highest BCUT2D eigenvalue weighted by Crippen LogP contribution is 2.28. The number of aliphatic hydroxyl groups excluding tert-OH is 2. The number of likely N-dealkylation sites (N-methyl/N-ethyl adjacent to an activating group) is 1. The van der Waals surface area contributed by atoms with Crippen molar-refractivity contribution in [1.29, 1.82) is 0 Å². The summed E-state index contributed by atoms with van der Waals surface area (Å²) in [4.78, 5) is 15.0. The molecule has 6 heteroatoms. The van der Waals surface area contributed by atoms with Crippen molar-refractivity contribution in [2.75, 3.05) is 34.4 Å². The molecule has 0 fully saturated rings. The van der Waals surface area contributed by atoms with E-state index in [0.29, 0.717) is 17.3 Å². The maximum Gasteiger partial charge on any atom is 0.379 e. The zero-order valence-corrected chi connectivity index (χ0v) is 31.1. The van der Waals surface area contributed by atoms with Gasteiger partial charge < -0.3 is 19.8 Å². The van der Waals surface area contributed by atoms with Crippen LogP contribution in [0.4, 0.5) is 0 Å². The van der Waals surface area contributed by atoms with E-state index in [4.69, 9.17) is 0 Å². The van der Waals surface area contributed by atoms with E-state index in [1.54, 1.807) is 0 Å². The Kier molecular flexibility index (Phi) is 30.2. The molecule has 0 aliphatic rings. The molecule has 3 N–H and O–H groups in total. The normalized spacial score (nSPS) is 14.2. The van der Waals surface area contributed by atoms with Crippen LogP contribution in [-0.4, -0.2) is 83.3 Å². The number of nitrogens with zero attached hydrogens (tertiary/aromatic N) is 2. The number of hydrogen-bond acceptors (Lipinski definition) is 4. The Bertz CT molecular complexity index is 601.